The van der Waals surface area contributed by atoms with Crippen molar-refractivity contribution in [3.8, 4) is 0 Å². The lowest BCUT2D eigenvalue weighted by Crippen LogP contribution is -2.15. The van der Waals surface area contributed by atoms with Crippen LogP contribution in [0.3, 0.4) is 0 Å². The summed E-state index contributed by atoms with van der Waals surface area (Å²) < 4.78 is 25.2. The monoisotopic (exact) mass is 250 g/mol. The van der Waals surface area contributed by atoms with Gasteiger partial charge in [-0.1, -0.05) is 17.7 Å². The fourth-order valence-corrected chi connectivity index (χ4v) is 2.67. The molecule has 0 amide bonds. The van der Waals surface area contributed by atoms with Crippen molar-refractivity contribution in [2.75, 3.05) is 0 Å². The number of hydrogen-bond donors (Lipinski definition) is 0. The second-order valence-electron chi connectivity index (χ2n) is 3.52. The van der Waals surface area contributed by atoms with Crippen molar-refractivity contribution >= 4 is 16.3 Å². The Labute approximate surface area is 98.8 Å². The number of nitrogens with zero attached hydrogens (tertiary/aromatic N) is 2. The Balaban J connectivity index is 2.57. The van der Waals surface area contributed by atoms with Gasteiger partial charge >= 0.3 is 0 Å². The molecule has 0 aliphatic heterocycles. The molecule has 0 N–H and O–H groups in total. The van der Waals surface area contributed by atoms with Gasteiger partial charge in [0.1, 0.15) is 0 Å². The predicted octanol–water partition coefficient (Wildman–Crippen LogP) is 1.24. The van der Waals surface area contributed by atoms with Crippen molar-refractivity contribution in [1.82, 2.24) is 8.96 Å². The highest BCUT2D eigenvalue weighted by Gasteiger charge is 2.19. The second kappa shape index (κ2) is 4.14. The average Bonchev–Trinajstić information content (AvgIpc) is 2.78. The minimum absolute atomic E-state index is 0.129. The molecule has 1 heterocycles. The van der Waals surface area contributed by atoms with E-state index in [2.05, 4.69) is 4.98 Å². The first-order valence-corrected chi connectivity index (χ1v) is 6.30. The maximum absolute atomic E-state index is 12.2. The largest absolute Gasteiger partial charge is 0.294 e. The van der Waals surface area contributed by atoms with Crippen LogP contribution in [0.15, 0.2) is 41.6 Å². The normalized spacial score (nSPS) is 11.4. The summed E-state index contributed by atoms with van der Waals surface area (Å²) in [6, 6.07) is 6.40. The summed E-state index contributed by atoms with van der Waals surface area (Å²) in [6.45, 7) is 1.87. The number of benzene rings is 1. The van der Waals surface area contributed by atoms with E-state index in [1.807, 2.05) is 6.92 Å². The van der Waals surface area contributed by atoms with Crippen LogP contribution in [0.2, 0.25) is 0 Å². The third-order valence-corrected chi connectivity index (χ3v) is 4.01. The molecule has 0 aliphatic carbocycles. The van der Waals surface area contributed by atoms with Gasteiger partial charge in [-0.2, -0.15) is 0 Å². The van der Waals surface area contributed by atoms with Gasteiger partial charge in [0.05, 0.1) is 4.90 Å². The quantitative estimate of drug-likeness (QED) is 0.768. The fourth-order valence-electron chi connectivity index (χ4n) is 1.41. The van der Waals surface area contributed by atoms with Crippen LogP contribution in [0, 0.1) is 6.92 Å². The molecule has 0 saturated carbocycles. The number of carbonyl (C=O) groups is 1. The molecular formula is C11H10N2O3S. The van der Waals surface area contributed by atoms with E-state index in [0.717, 1.165) is 9.54 Å². The van der Waals surface area contributed by atoms with Gasteiger partial charge in [-0.15, -0.1) is 0 Å². The summed E-state index contributed by atoms with van der Waals surface area (Å²) in [4.78, 5) is 14.5. The Bertz CT molecular complexity index is 642. The second-order valence-corrected chi connectivity index (χ2v) is 5.33. The third kappa shape index (κ3) is 1.99. The van der Waals surface area contributed by atoms with Gasteiger partial charge in [-0.25, -0.2) is 17.4 Å². The molecule has 2 rings (SSSR count). The van der Waals surface area contributed by atoms with E-state index < -0.39 is 10.0 Å². The zero-order valence-corrected chi connectivity index (χ0v) is 9.89. The van der Waals surface area contributed by atoms with E-state index in [0.29, 0.717) is 6.29 Å². The summed E-state index contributed by atoms with van der Waals surface area (Å²) in [5.41, 5.74) is 0.963. The van der Waals surface area contributed by atoms with Gasteiger partial charge in [0, 0.05) is 12.4 Å². The lowest BCUT2D eigenvalue weighted by Gasteiger charge is -2.06. The maximum Gasteiger partial charge on any atom is 0.269 e. The Hall–Kier alpha value is -1.95. The first-order valence-electron chi connectivity index (χ1n) is 4.86. The zero-order chi connectivity index (χ0) is 12.5. The molecule has 0 aliphatic rings. The lowest BCUT2D eigenvalue weighted by atomic mass is 10.2. The number of aryl methyl sites for hydroxylation is 1. The molecule has 1 aromatic carbocycles. The van der Waals surface area contributed by atoms with Crippen molar-refractivity contribution in [3.63, 3.8) is 0 Å². The van der Waals surface area contributed by atoms with Crippen molar-refractivity contribution in [2.24, 2.45) is 0 Å². The summed E-state index contributed by atoms with van der Waals surface area (Å²) in [5.74, 6) is -0.134. The first-order chi connectivity index (χ1) is 8.05. The molecule has 2 aromatic rings. The van der Waals surface area contributed by atoms with E-state index in [9.17, 15) is 13.2 Å². The Kier molecular flexibility index (Phi) is 2.81. The summed E-state index contributed by atoms with van der Waals surface area (Å²) >= 11 is 0. The molecule has 0 radical (unpaired) electrons. The van der Waals surface area contributed by atoms with Crippen molar-refractivity contribution in [3.05, 3.63) is 48.0 Å². The number of aldehydes is 1. The van der Waals surface area contributed by atoms with Crippen molar-refractivity contribution < 1.29 is 13.2 Å². The van der Waals surface area contributed by atoms with Crippen LogP contribution in [-0.4, -0.2) is 23.7 Å². The Morgan fingerprint density at radius 3 is 2.47 bits per heavy atom. The van der Waals surface area contributed by atoms with Crippen LogP contribution in [0.5, 0.6) is 0 Å². The highest BCUT2D eigenvalue weighted by molar-refractivity contribution is 7.90. The molecule has 0 saturated heterocycles. The van der Waals surface area contributed by atoms with E-state index in [4.69, 9.17) is 0 Å². The van der Waals surface area contributed by atoms with Gasteiger partial charge in [-0.3, -0.25) is 4.79 Å². The Morgan fingerprint density at radius 1 is 1.24 bits per heavy atom. The number of hydrogen-bond acceptors (Lipinski definition) is 4. The number of rotatable bonds is 3. The maximum atomic E-state index is 12.2. The molecule has 88 valence electrons. The molecule has 0 spiro atoms. The van der Waals surface area contributed by atoms with Crippen LogP contribution < -0.4 is 0 Å². The summed E-state index contributed by atoms with van der Waals surface area (Å²) in [6.07, 6.45) is 2.93. The van der Waals surface area contributed by atoms with E-state index >= 15 is 0 Å². The zero-order valence-electron chi connectivity index (χ0n) is 9.07. The molecule has 0 unspecified atom stereocenters. The van der Waals surface area contributed by atoms with Gasteiger partial charge in [0.2, 0.25) is 0 Å². The van der Waals surface area contributed by atoms with E-state index in [-0.39, 0.29) is 10.7 Å². The number of imidazole rings is 1. The van der Waals surface area contributed by atoms with Gasteiger partial charge in [-0.05, 0) is 19.1 Å². The fraction of sp³-hybridized carbons (Fsp3) is 0.0909. The molecule has 6 heteroatoms. The van der Waals surface area contributed by atoms with Crippen molar-refractivity contribution in [1.29, 1.82) is 0 Å². The van der Waals surface area contributed by atoms with Gasteiger partial charge in [0.15, 0.2) is 12.1 Å². The SMILES string of the molecule is Cc1ccc(S(=O)(=O)n2ccnc2C=O)cc1. The average molecular weight is 250 g/mol. The summed E-state index contributed by atoms with van der Waals surface area (Å²) in [5, 5.41) is 0. The molecule has 0 fully saturated rings. The van der Waals surface area contributed by atoms with Gasteiger partial charge < -0.3 is 0 Å². The third-order valence-electron chi connectivity index (χ3n) is 2.32. The standard InChI is InChI=1S/C11H10N2O3S/c1-9-2-4-10(5-3-9)17(15,16)13-7-6-12-11(13)8-14/h2-8H,1H3. The lowest BCUT2D eigenvalue weighted by molar-refractivity contribution is 0.111. The van der Waals surface area contributed by atoms with Gasteiger partial charge in [0.25, 0.3) is 10.0 Å². The molecule has 17 heavy (non-hydrogen) atoms. The summed E-state index contributed by atoms with van der Waals surface area (Å²) in [7, 11) is -3.73. The van der Waals surface area contributed by atoms with Crippen LogP contribution >= 0.6 is 0 Å². The predicted molar refractivity (Wildman–Crippen MR) is 61.4 cm³/mol. The number of carbonyl (C=O) groups excluding carboxylic acids is 1. The highest BCUT2D eigenvalue weighted by atomic mass is 32.2. The van der Waals surface area contributed by atoms with Crippen LogP contribution in [-0.2, 0) is 10.0 Å². The molecule has 5 nitrogen and oxygen atoms in total. The smallest absolute Gasteiger partial charge is 0.269 e. The Morgan fingerprint density at radius 2 is 1.88 bits per heavy atom. The van der Waals surface area contributed by atoms with E-state index in [1.54, 1.807) is 12.1 Å². The topological polar surface area (TPSA) is 69.0 Å². The molecule has 0 bridgehead atoms. The van der Waals surface area contributed by atoms with Crippen LogP contribution in [0.4, 0.5) is 0 Å². The van der Waals surface area contributed by atoms with Crippen LogP contribution in [0.1, 0.15) is 16.2 Å². The molecular weight excluding hydrogens is 240 g/mol. The minimum Gasteiger partial charge on any atom is -0.294 e. The van der Waals surface area contributed by atoms with E-state index in [1.165, 1.54) is 24.5 Å². The highest BCUT2D eigenvalue weighted by Crippen LogP contribution is 2.15. The first kappa shape index (κ1) is 11.5. The minimum atomic E-state index is -3.73. The van der Waals surface area contributed by atoms with Crippen LogP contribution in [0.25, 0.3) is 0 Å². The molecule has 1 aromatic heterocycles. The van der Waals surface area contributed by atoms with Crippen molar-refractivity contribution in [2.45, 2.75) is 11.8 Å². The number of aromatic nitrogens is 2. The molecule has 0 atom stereocenters.